The van der Waals surface area contributed by atoms with Crippen LogP contribution >= 0.6 is 0 Å². The zero-order valence-electron chi connectivity index (χ0n) is 19.3. The van der Waals surface area contributed by atoms with E-state index in [1.807, 2.05) is 24.3 Å². The summed E-state index contributed by atoms with van der Waals surface area (Å²) in [6, 6.07) is 16.3. The molecule has 8 heteroatoms. The van der Waals surface area contributed by atoms with Gasteiger partial charge < -0.3 is 10.6 Å². The number of carbonyl (C=O) groups is 1. The Bertz CT molecular complexity index is 1240. The van der Waals surface area contributed by atoms with Crippen molar-refractivity contribution >= 4 is 22.8 Å². The van der Waals surface area contributed by atoms with Crippen molar-refractivity contribution in [2.24, 2.45) is 5.73 Å². The Morgan fingerprint density at radius 1 is 1.18 bits per heavy atom. The SMILES string of the molecule is CCN(CC)c1ccc([C@@H]2C(C#N)=C(N)N(c3cccc([N+](=O)[O-])c3)C3=C2C(=O)CCC3)cc1. The molecule has 2 N–H and O–H groups in total. The molecule has 1 aliphatic heterocycles. The number of anilines is 2. The van der Waals surface area contributed by atoms with Crippen LogP contribution in [0.1, 0.15) is 44.6 Å². The molecule has 34 heavy (non-hydrogen) atoms. The number of nitriles is 1. The summed E-state index contributed by atoms with van der Waals surface area (Å²) in [5, 5.41) is 21.5. The highest BCUT2D eigenvalue weighted by Crippen LogP contribution is 2.46. The van der Waals surface area contributed by atoms with Crippen LogP contribution in [0.25, 0.3) is 0 Å². The summed E-state index contributed by atoms with van der Waals surface area (Å²) >= 11 is 0. The molecule has 2 aromatic carbocycles. The van der Waals surface area contributed by atoms with E-state index < -0.39 is 10.8 Å². The normalized spacial score (nSPS) is 18.0. The van der Waals surface area contributed by atoms with Crippen molar-refractivity contribution in [1.29, 1.82) is 5.26 Å². The number of carbonyl (C=O) groups excluding carboxylic acids is 1. The standard InChI is InChI=1S/C26H27N5O3/c1-3-29(4-2)18-13-11-17(12-14-18)24-21(16-27)26(28)30(22-9-6-10-23(32)25(22)24)19-7-5-8-20(15-19)31(33)34/h5,7-8,11-15,24H,3-4,6,9-10,28H2,1-2H3/t24-/m1/s1. The van der Waals surface area contributed by atoms with Gasteiger partial charge in [0, 0.05) is 48.6 Å². The fourth-order valence-electron chi connectivity index (χ4n) is 4.93. The van der Waals surface area contributed by atoms with E-state index in [0.717, 1.165) is 24.3 Å². The van der Waals surface area contributed by atoms with E-state index in [0.29, 0.717) is 36.2 Å². The van der Waals surface area contributed by atoms with Gasteiger partial charge in [-0.3, -0.25) is 19.8 Å². The minimum atomic E-state index is -0.562. The van der Waals surface area contributed by atoms with E-state index in [1.54, 1.807) is 17.0 Å². The molecule has 0 unspecified atom stereocenters. The van der Waals surface area contributed by atoms with Gasteiger partial charge in [0.2, 0.25) is 0 Å². The third-order valence-electron chi connectivity index (χ3n) is 6.57. The van der Waals surface area contributed by atoms with Crippen molar-refractivity contribution in [2.75, 3.05) is 22.9 Å². The number of hydrogen-bond donors (Lipinski definition) is 1. The highest BCUT2D eigenvalue weighted by molar-refractivity contribution is 6.01. The summed E-state index contributed by atoms with van der Waals surface area (Å²) in [5.74, 6) is -0.377. The summed E-state index contributed by atoms with van der Waals surface area (Å²) in [7, 11) is 0. The van der Waals surface area contributed by atoms with Crippen LogP contribution in [0.5, 0.6) is 0 Å². The van der Waals surface area contributed by atoms with Crippen molar-refractivity contribution in [3.63, 3.8) is 0 Å². The van der Waals surface area contributed by atoms with Gasteiger partial charge >= 0.3 is 0 Å². The van der Waals surface area contributed by atoms with Crippen molar-refractivity contribution in [3.05, 3.63) is 86.9 Å². The maximum Gasteiger partial charge on any atom is 0.271 e. The lowest BCUT2D eigenvalue weighted by Gasteiger charge is -2.39. The van der Waals surface area contributed by atoms with Crippen LogP contribution in [0.15, 0.2) is 71.2 Å². The number of ketones is 1. The van der Waals surface area contributed by atoms with E-state index in [4.69, 9.17) is 5.73 Å². The van der Waals surface area contributed by atoms with Crippen LogP contribution in [-0.2, 0) is 4.79 Å². The van der Waals surface area contributed by atoms with Crippen molar-refractivity contribution in [3.8, 4) is 6.07 Å². The molecule has 2 aliphatic rings. The van der Waals surface area contributed by atoms with Gasteiger partial charge in [0.25, 0.3) is 5.69 Å². The molecular weight excluding hydrogens is 430 g/mol. The van der Waals surface area contributed by atoms with Crippen LogP contribution < -0.4 is 15.5 Å². The van der Waals surface area contributed by atoms with E-state index in [1.165, 1.54) is 12.1 Å². The summed E-state index contributed by atoms with van der Waals surface area (Å²) in [5.41, 5.74) is 10.4. The lowest BCUT2D eigenvalue weighted by Crippen LogP contribution is -2.38. The van der Waals surface area contributed by atoms with Gasteiger partial charge in [-0.15, -0.1) is 0 Å². The number of non-ortho nitro benzene ring substituents is 1. The second kappa shape index (κ2) is 9.40. The van der Waals surface area contributed by atoms with Crippen LogP contribution in [0, 0.1) is 21.4 Å². The Morgan fingerprint density at radius 3 is 2.50 bits per heavy atom. The molecule has 0 spiro atoms. The van der Waals surface area contributed by atoms with Crippen LogP contribution in [0.4, 0.5) is 17.1 Å². The highest BCUT2D eigenvalue weighted by Gasteiger charge is 2.40. The molecule has 1 atom stereocenters. The molecule has 0 amide bonds. The van der Waals surface area contributed by atoms with E-state index in [2.05, 4.69) is 24.8 Å². The minimum absolute atomic E-state index is 0.0187. The smallest absolute Gasteiger partial charge is 0.271 e. The number of hydrogen-bond acceptors (Lipinski definition) is 7. The van der Waals surface area contributed by atoms with Gasteiger partial charge in [0.15, 0.2) is 5.78 Å². The zero-order valence-corrected chi connectivity index (χ0v) is 19.3. The first-order valence-corrected chi connectivity index (χ1v) is 11.5. The fourth-order valence-corrected chi connectivity index (χ4v) is 4.93. The number of Topliss-reactive ketones (excluding diaryl/α,β-unsaturated/α-hetero) is 1. The molecular formula is C26H27N5O3. The molecule has 1 aliphatic carbocycles. The van der Waals surface area contributed by atoms with Crippen LogP contribution in [-0.4, -0.2) is 23.8 Å². The van der Waals surface area contributed by atoms with Gasteiger partial charge in [0.05, 0.1) is 28.2 Å². The molecule has 0 saturated heterocycles. The van der Waals surface area contributed by atoms with Gasteiger partial charge in [0.1, 0.15) is 5.82 Å². The molecule has 0 bridgehead atoms. The number of nitrogens with zero attached hydrogens (tertiary/aromatic N) is 4. The molecule has 8 nitrogen and oxygen atoms in total. The maximum atomic E-state index is 13.2. The Kier molecular flexibility index (Phi) is 6.37. The Balaban J connectivity index is 1.87. The quantitative estimate of drug-likeness (QED) is 0.491. The average molecular weight is 458 g/mol. The third-order valence-corrected chi connectivity index (χ3v) is 6.57. The molecule has 1 heterocycles. The lowest BCUT2D eigenvalue weighted by atomic mass is 9.75. The molecule has 2 aromatic rings. The summed E-state index contributed by atoms with van der Waals surface area (Å²) in [6.45, 7) is 5.94. The van der Waals surface area contributed by atoms with Crippen LogP contribution in [0.2, 0.25) is 0 Å². The molecule has 0 fully saturated rings. The molecule has 174 valence electrons. The molecule has 0 radical (unpaired) electrons. The number of nitro benzene ring substituents is 1. The summed E-state index contributed by atoms with van der Waals surface area (Å²) in [6.07, 6.45) is 1.65. The van der Waals surface area contributed by atoms with E-state index >= 15 is 0 Å². The van der Waals surface area contributed by atoms with E-state index in [-0.39, 0.29) is 22.9 Å². The monoisotopic (exact) mass is 457 g/mol. The first-order valence-electron chi connectivity index (χ1n) is 11.5. The van der Waals surface area contributed by atoms with Crippen LogP contribution in [0.3, 0.4) is 0 Å². The van der Waals surface area contributed by atoms with Gasteiger partial charge in [-0.1, -0.05) is 18.2 Å². The van der Waals surface area contributed by atoms with Gasteiger partial charge in [-0.05, 0) is 50.5 Å². The number of nitrogens with two attached hydrogens (primary N) is 1. The predicted octanol–water partition coefficient (Wildman–Crippen LogP) is 4.75. The first-order chi connectivity index (χ1) is 16.4. The molecule has 4 rings (SSSR count). The van der Waals surface area contributed by atoms with Crippen molar-refractivity contribution in [1.82, 2.24) is 0 Å². The topological polar surface area (TPSA) is 116 Å². The van der Waals surface area contributed by atoms with Gasteiger partial charge in [-0.2, -0.15) is 5.26 Å². The van der Waals surface area contributed by atoms with Gasteiger partial charge in [-0.25, -0.2) is 0 Å². The zero-order chi connectivity index (χ0) is 24.4. The molecule has 0 saturated carbocycles. The highest BCUT2D eigenvalue weighted by atomic mass is 16.6. The number of benzene rings is 2. The Morgan fingerprint density at radius 2 is 1.88 bits per heavy atom. The number of allylic oxidation sites excluding steroid dienone is 3. The maximum absolute atomic E-state index is 13.2. The predicted molar refractivity (Wildman–Crippen MR) is 131 cm³/mol. The van der Waals surface area contributed by atoms with Crippen molar-refractivity contribution < 1.29 is 9.72 Å². The minimum Gasteiger partial charge on any atom is -0.384 e. The molecule has 0 aromatic heterocycles. The number of nitro groups is 1. The second-order valence-electron chi connectivity index (χ2n) is 8.36. The lowest BCUT2D eigenvalue weighted by molar-refractivity contribution is -0.384. The first kappa shape index (κ1) is 23.1. The number of rotatable bonds is 6. The largest absolute Gasteiger partial charge is 0.384 e. The second-order valence-corrected chi connectivity index (χ2v) is 8.36. The summed E-state index contributed by atoms with van der Waals surface area (Å²) < 4.78 is 0. The fraction of sp³-hybridized carbons (Fsp3) is 0.308. The van der Waals surface area contributed by atoms with E-state index in [9.17, 15) is 20.2 Å². The Labute approximate surface area is 198 Å². The Hall–Kier alpha value is -4.12. The summed E-state index contributed by atoms with van der Waals surface area (Å²) in [4.78, 5) is 28.0. The third kappa shape index (κ3) is 3.90. The van der Waals surface area contributed by atoms with Crippen molar-refractivity contribution in [2.45, 2.75) is 39.0 Å². The average Bonchev–Trinajstić information content (AvgIpc) is 2.85.